The predicted octanol–water partition coefficient (Wildman–Crippen LogP) is 4.15. The van der Waals surface area contributed by atoms with Crippen LogP contribution < -0.4 is 5.32 Å². The largest absolute Gasteiger partial charge is 4.00 e. The minimum Gasteiger partial charge on any atom is -0.668 e. The van der Waals surface area contributed by atoms with Crippen molar-refractivity contribution in [3.05, 3.63) is 22.9 Å². The molecule has 0 radical (unpaired) electrons. The molecule has 0 saturated carbocycles. The third-order valence-corrected chi connectivity index (χ3v) is 1.98. The third kappa shape index (κ3) is 114. The normalized spacial score (nSPS) is 8.04. The van der Waals surface area contributed by atoms with E-state index < -0.39 is 23.6 Å². The van der Waals surface area contributed by atoms with Gasteiger partial charge in [0, 0.05) is 37.7 Å². The number of aliphatic imine (C=N–C) groups is 1. The second kappa shape index (κ2) is 35.4. The summed E-state index contributed by atoms with van der Waals surface area (Å²) in [6.45, 7) is 8.56. The van der Waals surface area contributed by atoms with Gasteiger partial charge in [-0.05, 0) is 32.6 Å². The van der Waals surface area contributed by atoms with Crippen LogP contribution in [0.25, 0.3) is 22.9 Å². The van der Waals surface area contributed by atoms with E-state index >= 15 is 0 Å². The quantitative estimate of drug-likeness (QED) is 0.481. The van der Waals surface area contributed by atoms with Crippen LogP contribution in [-0.2, 0) is 45.4 Å². The molecule has 0 aromatic rings. The molecule has 5 N–H and O–H groups in total. The minimum absolute atomic E-state index is 0. The van der Waals surface area contributed by atoms with Crippen LogP contribution in [0.4, 0.5) is 0 Å². The van der Waals surface area contributed by atoms with E-state index in [1.807, 2.05) is 14.0 Å². The fourth-order valence-corrected chi connectivity index (χ4v) is 0.112. The third-order valence-electron chi connectivity index (χ3n) is 1.98. The predicted molar refractivity (Wildman–Crippen MR) is 107 cm³/mol. The van der Waals surface area contributed by atoms with Gasteiger partial charge in [-0.3, -0.25) is 4.99 Å². The maximum Gasteiger partial charge on any atom is 4.00 e. The molecule has 0 aliphatic carbocycles. The number of hydrogen-bond acceptors (Lipinski definition) is 5. The van der Waals surface area contributed by atoms with Crippen LogP contribution in [0.2, 0.25) is 0 Å². The zero-order valence-corrected chi connectivity index (χ0v) is 19.9. The van der Waals surface area contributed by atoms with Gasteiger partial charge in [-0.2, -0.15) is 0 Å². The Kier molecular flexibility index (Phi) is 52.5. The molecule has 0 fully saturated rings. The van der Waals surface area contributed by atoms with Crippen LogP contribution in [0.1, 0.15) is 60.3 Å². The van der Waals surface area contributed by atoms with Crippen molar-refractivity contribution in [3.8, 4) is 0 Å². The van der Waals surface area contributed by atoms with E-state index in [9.17, 15) is 19.2 Å². The molecular weight excluding hydrogens is 431 g/mol. The molecule has 0 bridgehead atoms. The van der Waals surface area contributed by atoms with Crippen LogP contribution in [0.5, 0.6) is 0 Å². The van der Waals surface area contributed by atoms with Crippen LogP contribution in [0.3, 0.4) is 0 Å². The number of carbonyl (C=O) groups is 4. The van der Waals surface area contributed by atoms with E-state index in [4.69, 9.17) is 22.9 Å². The molecule has 27 heavy (non-hydrogen) atoms. The molecule has 0 atom stereocenters. The number of amidine groups is 1. The zero-order chi connectivity index (χ0) is 22.1. The van der Waals surface area contributed by atoms with Gasteiger partial charge < -0.3 is 47.4 Å². The molecule has 0 spiro atoms. The Balaban J connectivity index is -0.0000000507. The molecule has 11 heteroatoms. The van der Waals surface area contributed by atoms with Crippen LogP contribution in [-0.4, -0.2) is 43.6 Å². The Morgan fingerprint density at radius 1 is 0.704 bits per heavy atom. The summed E-state index contributed by atoms with van der Waals surface area (Å²) in [5.74, 6) is -1.01. The van der Waals surface area contributed by atoms with E-state index in [2.05, 4.69) is 10.3 Å². The number of rotatable bonds is 4. The van der Waals surface area contributed by atoms with Crippen molar-refractivity contribution in [1.82, 2.24) is 5.32 Å². The Morgan fingerprint density at radius 2 is 0.852 bits per heavy atom. The summed E-state index contributed by atoms with van der Waals surface area (Å²) < 4.78 is 0. The van der Waals surface area contributed by atoms with E-state index in [-0.39, 0.29) is 26.2 Å². The summed E-state index contributed by atoms with van der Waals surface area (Å²) >= 11 is 0. The number of nitrogens with zero attached hydrogens (tertiary/aromatic N) is 1. The van der Waals surface area contributed by atoms with Crippen molar-refractivity contribution in [2.75, 3.05) is 14.1 Å². The van der Waals surface area contributed by atoms with Crippen molar-refractivity contribution in [3.63, 3.8) is 0 Å². The van der Waals surface area contributed by atoms with Crippen molar-refractivity contribution in [2.24, 2.45) is 4.99 Å². The fourth-order valence-electron chi connectivity index (χ4n) is 0.112. The molecule has 0 saturated heterocycles. The maximum absolute atomic E-state index is 9.48. The van der Waals surface area contributed by atoms with Gasteiger partial charge in [-0.25, -0.2) is 0 Å². The Labute approximate surface area is 182 Å². The molecule has 156 valence electrons. The smallest absolute Gasteiger partial charge is 0.668 e. The monoisotopic (exact) mass is 464 g/mol. The molecule has 0 aliphatic rings. The average Bonchev–Trinajstić information content (AvgIpc) is 2.62. The summed E-state index contributed by atoms with van der Waals surface area (Å²) in [6.07, 6.45) is 1.33. The fraction of sp³-hybridized carbons (Fsp3) is 0.688. The van der Waals surface area contributed by atoms with Crippen LogP contribution in [0, 0.1) is 0 Å². The number of amides is 4. The molecule has 0 aromatic heterocycles. The van der Waals surface area contributed by atoms with Gasteiger partial charge >= 0.3 is 26.2 Å². The van der Waals surface area contributed by atoms with Gasteiger partial charge in [0.25, 0.3) is 0 Å². The van der Waals surface area contributed by atoms with Crippen LogP contribution in [0.15, 0.2) is 4.99 Å². The molecular formula is C16H34N6O4Zr. The maximum atomic E-state index is 9.48. The first-order valence-corrected chi connectivity index (χ1v) is 7.98. The molecule has 0 aliphatic heterocycles. The Bertz CT molecular complexity index is 348. The second-order valence-electron chi connectivity index (χ2n) is 4.17. The van der Waals surface area contributed by atoms with Gasteiger partial charge in [0.15, 0.2) is 0 Å². The van der Waals surface area contributed by atoms with Crippen molar-refractivity contribution in [1.29, 1.82) is 0 Å². The van der Waals surface area contributed by atoms with Gasteiger partial charge in [0.1, 0.15) is 0 Å². The summed E-state index contributed by atoms with van der Waals surface area (Å²) in [6, 6.07) is 0. The summed E-state index contributed by atoms with van der Waals surface area (Å²) in [4.78, 5) is 41.7. The van der Waals surface area contributed by atoms with E-state index in [0.29, 0.717) is 25.7 Å². The molecule has 0 aromatic carbocycles. The van der Waals surface area contributed by atoms with E-state index in [0.717, 1.165) is 5.84 Å². The minimum atomic E-state index is -0.495. The first-order chi connectivity index (χ1) is 11.9. The van der Waals surface area contributed by atoms with Gasteiger partial charge in [-0.15, -0.1) is 0 Å². The first kappa shape index (κ1) is 40.1. The first-order valence-electron chi connectivity index (χ1n) is 7.98. The topological polar surface area (TPSA) is 188 Å². The van der Waals surface area contributed by atoms with E-state index in [1.165, 1.54) is 0 Å². The number of nitrogens with one attached hydrogen (secondary N) is 5. The average molecular weight is 466 g/mol. The summed E-state index contributed by atoms with van der Waals surface area (Å²) in [5, 5.41) is 2.86. The standard InChI is InChI=1S/C4H10N2.4C3H7NO.Zr/c1-4(5-2)6-3;4*1-2-3(4)5;/h1-3H3,(H,5,6);4*2H2,1H3,(H2,4,5);/q;;;;;+4/p-4. The summed E-state index contributed by atoms with van der Waals surface area (Å²) in [7, 11) is 3.61. The van der Waals surface area contributed by atoms with Crippen molar-refractivity contribution in [2.45, 2.75) is 60.3 Å². The SMILES string of the molecule is CCC([NH-])=O.CCC([NH-])=O.CCC([NH-])=O.CCC([NH-])=O.CN=C(C)NC.[Zr+4]. The molecule has 0 unspecified atom stereocenters. The molecule has 10 nitrogen and oxygen atoms in total. The van der Waals surface area contributed by atoms with Gasteiger partial charge in [0.05, 0.1) is 5.84 Å². The van der Waals surface area contributed by atoms with Crippen LogP contribution >= 0.6 is 0 Å². The van der Waals surface area contributed by atoms with Gasteiger partial charge in [0.2, 0.25) is 0 Å². The number of hydrogen-bond donors (Lipinski definition) is 1. The van der Waals surface area contributed by atoms with Gasteiger partial charge in [-0.1, -0.05) is 27.7 Å². The van der Waals surface area contributed by atoms with Crippen molar-refractivity contribution < 1.29 is 45.4 Å². The molecule has 0 heterocycles. The summed E-state index contributed by atoms with van der Waals surface area (Å²) in [5.41, 5.74) is 24.8. The Morgan fingerprint density at radius 3 is 0.852 bits per heavy atom. The Hall–Kier alpha value is -1.77. The molecule has 4 amide bonds. The number of carbonyl (C=O) groups excluding carboxylic acids is 4. The van der Waals surface area contributed by atoms with E-state index in [1.54, 1.807) is 34.7 Å². The molecule has 0 rings (SSSR count). The van der Waals surface area contributed by atoms with Crippen molar-refractivity contribution >= 4 is 29.5 Å². The second-order valence-corrected chi connectivity index (χ2v) is 4.17. The zero-order valence-electron chi connectivity index (χ0n) is 17.4.